The van der Waals surface area contributed by atoms with Crippen LogP contribution in [0.1, 0.15) is 47.7 Å². The van der Waals surface area contributed by atoms with Crippen molar-refractivity contribution in [2.45, 2.75) is 39.2 Å². The second kappa shape index (κ2) is 9.76. The first kappa shape index (κ1) is 19.7. The molecule has 0 unspecified atom stereocenters. The Kier molecular flexibility index (Phi) is 7.39. The maximum absolute atomic E-state index is 12.2. The quantitative estimate of drug-likeness (QED) is 0.694. The van der Waals surface area contributed by atoms with Gasteiger partial charge in [0.15, 0.2) is 5.78 Å². The van der Waals surface area contributed by atoms with Crippen LogP contribution in [0.3, 0.4) is 0 Å². The van der Waals surface area contributed by atoms with Crippen LogP contribution in [0.4, 0.5) is 5.69 Å². The number of hydrogen-bond acceptors (Lipinski definition) is 3. The molecule has 2 aromatic rings. The van der Waals surface area contributed by atoms with Gasteiger partial charge in [-0.25, -0.2) is 0 Å². The van der Waals surface area contributed by atoms with Gasteiger partial charge in [0.1, 0.15) is 0 Å². The van der Waals surface area contributed by atoms with Crippen LogP contribution in [-0.4, -0.2) is 25.8 Å². The van der Waals surface area contributed by atoms with Gasteiger partial charge in [-0.15, -0.1) is 0 Å². The number of hydrogen-bond donors (Lipinski definition) is 1. The fraction of sp³-hybridized carbons (Fsp3) is 0.364. The highest BCUT2D eigenvalue weighted by Crippen LogP contribution is 2.12. The highest BCUT2D eigenvalue weighted by molar-refractivity contribution is 5.97. The van der Waals surface area contributed by atoms with Gasteiger partial charge in [0.25, 0.3) is 0 Å². The van der Waals surface area contributed by atoms with Gasteiger partial charge < -0.3 is 10.2 Å². The fourth-order valence-corrected chi connectivity index (χ4v) is 2.72. The third-order valence-corrected chi connectivity index (χ3v) is 4.34. The van der Waals surface area contributed by atoms with Crippen LogP contribution in [-0.2, 0) is 17.8 Å². The Balaban J connectivity index is 1.76. The number of nitrogens with one attached hydrogen (secondary N) is 1. The van der Waals surface area contributed by atoms with Crippen LogP contribution < -0.4 is 10.2 Å². The van der Waals surface area contributed by atoms with E-state index in [1.165, 1.54) is 5.56 Å². The molecule has 138 valence electrons. The lowest BCUT2D eigenvalue weighted by Gasteiger charge is -2.13. The molecule has 0 bridgehead atoms. The summed E-state index contributed by atoms with van der Waals surface area (Å²) in [6.45, 7) is 2.61. The number of anilines is 1. The van der Waals surface area contributed by atoms with Gasteiger partial charge in [-0.3, -0.25) is 9.59 Å². The Hall–Kier alpha value is -2.62. The summed E-state index contributed by atoms with van der Waals surface area (Å²) in [5.41, 5.74) is 4.08. The van der Waals surface area contributed by atoms with Crippen LogP contribution in [0.15, 0.2) is 48.5 Å². The zero-order valence-corrected chi connectivity index (χ0v) is 15.9. The van der Waals surface area contributed by atoms with E-state index < -0.39 is 0 Å². The molecule has 2 rings (SSSR count). The number of carbonyl (C=O) groups is 2. The summed E-state index contributed by atoms with van der Waals surface area (Å²) in [6.07, 6.45) is 2.56. The average Bonchev–Trinajstić information content (AvgIpc) is 2.65. The lowest BCUT2D eigenvalue weighted by Crippen LogP contribution is -2.23. The van der Waals surface area contributed by atoms with Gasteiger partial charge >= 0.3 is 0 Å². The topological polar surface area (TPSA) is 49.4 Å². The van der Waals surface area contributed by atoms with Crippen molar-refractivity contribution in [3.63, 3.8) is 0 Å². The average molecular weight is 352 g/mol. The molecular weight excluding hydrogens is 324 g/mol. The normalized spacial score (nSPS) is 10.4. The number of rotatable bonds is 9. The minimum Gasteiger partial charge on any atom is -0.378 e. The van der Waals surface area contributed by atoms with E-state index in [1.54, 1.807) is 0 Å². The maximum Gasteiger partial charge on any atom is 0.220 e. The molecule has 0 aliphatic rings. The van der Waals surface area contributed by atoms with Crippen molar-refractivity contribution in [3.05, 3.63) is 65.2 Å². The third-order valence-electron chi connectivity index (χ3n) is 4.34. The molecule has 1 amide bonds. The summed E-state index contributed by atoms with van der Waals surface area (Å²) < 4.78 is 0. The summed E-state index contributed by atoms with van der Waals surface area (Å²) in [7, 11) is 3.98. The van der Waals surface area contributed by atoms with Crippen molar-refractivity contribution in [2.24, 2.45) is 0 Å². The Bertz CT molecular complexity index is 719. The van der Waals surface area contributed by atoms with Crippen molar-refractivity contribution < 1.29 is 9.59 Å². The van der Waals surface area contributed by atoms with E-state index in [2.05, 4.69) is 12.2 Å². The molecule has 0 aliphatic carbocycles. The van der Waals surface area contributed by atoms with Crippen molar-refractivity contribution in [1.82, 2.24) is 5.32 Å². The lowest BCUT2D eigenvalue weighted by atomic mass is 10.0. The minimum atomic E-state index is -0.0994. The van der Waals surface area contributed by atoms with E-state index in [1.807, 2.05) is 67.5 Å². The lowest BCUT2D eigenvalue weighted by molar-refractivity contribution is -0.121. The number of benzene rings is 2. The van der Waals surface area contributed by atoms with E-state index in [9.17, 15) is 9.59 Å². The highest BCUT2D eigenvalue weighted by Gasteiger charge is 2.09. The highest BCUT2D eigenvalue weighted by atomic mass is 16.2. The molecule has 1 N–H and O–H groups in total. The first-order valence-corrected chi connectivity index (χ1v) is 9.14. The van der Waals surface area contributed by atoms with E-state index >= 15 is 0 Å². The molecule has 4 heteroatoms. The summed E-state index contributed by atoms with van der Waals surface area (Å²) in [5, 5.41) is 2.88. The number of ketones is 1. The van der Waals surface area contributed by atoms with Crippen LogP contribution in [0.5, 0.6) is 0 Å². The SMILES string of the molecule is CCCc1ccc(C(=O)CCC(=O)NCc2ccc(N(C)C)cc2)cc1. The molecule has 2 aromatic carbocycles. The summed E-state index contributed by atoms with van der Waals surface area (Å²) in [5.74, 6) is -0.0869. The minimum absolute atomic E-state index is 0.0125. The molecule has 0 atom stereocenters. The third kappa shape index (κ3) is 6.03. The number of aryl methyl sites for hydroxylation is 1. The number of Topliss-reactive ketones (excluding diaryl/α,β-unsaturated/α-hetero) is 1. The molecular formula is C22H28N2O2. The molecule has 26 heavy (non-hydrogen) atoms. The Morgan fingerprint density at radius 3 is 2.08 bits per heavy atom. The largest absolute Gasteiger partial charge is 0.378 e. The van der Waals surface area contributed by atoms with Crippen molar-refractivity contribution in [2.75, 3.05) is 19.0 Å². The van der Waals surface area contributed by atoms with E-state index in [4.69, 9.17) is 0 Å². The van der Waals surface area contributed by atoms with Crippen LogP contribution in [0, 0.1) is 0 Å². The van der Waals surface area contributed by atoms with Crippen molar-refractivity contribution in [3.8, 4) is 0 Å². The van der Waals surface area contributed by atoms with E-state index in [0.29, 0.717) is 12.1 Å². The molecule has 0 aliphatic heterocycles. The van der Waals surface area contributed by atoms with Crippen LogP contribution >= 0.6 is 0 Å². The first-order valence-electron chi connectivity index (χ1n) is 9.14. The Morgan fingerprint density at radius 2 is 1.50 bits per heavy atom. The fourth-order valence-electron chi connectivity index (χ4n) is 2.72. The Labute approximate surface area is 156 Å². The van der Waals surface area contributed by atoms with Gasteiger partial charge in [0.2, 0.25) is 5.91 Å². The summed E-state index contributed by atoms with van der Waals surface area (Å²) in [6, 6.07) is 15.7. The predicted octanol–water partition coefficient (Wildman–Crippen LogP) is 3.98. The van der Waals surface area contributed by atoms with Crippen molar-refractivity contribution in [1.29, 1.82) is 0 Å². The standard InChI is InChI=1S/C22H28N2O2/c1-4-5-17-6-10-19(11-7-17)21(25)14-15-22(26)23-16-18-8-12-20(13-9-18)24(2)3/h6-13H,4-5,14-16H2,1-3H3,(H,23,26). The molecule has 0 fully saturated rings. The first-order chi connectivity index (χ1) is 12.5. The van der Waals surface area contributed by atoms with Gasteiger partial charge in [0.05, 0.1) is 0 Å². The predicted molar refractivity (Wildman–Crippen MR) is 107 cm³/mol. The summed E-state index contributed by atoms with van der Waals surface area (Å²) >= 11 is 0. The molecule has 4 nitrogen and oxygen atoms in total. The maximum atomic E-state index is 12.2. The second-order valence-electron chi connectivity index (χ2n) is 6.71. The van der Waals surface area contributed by atoms with Crippen LogP contribution in [0.2, 0.25) is 0 Å². The molecule has 0 aromatic heterocycles. The molecule has 0 heterocycles. The molecule has 0 saturated carbocycles. The van der Waals surface area contributed by atoms with Crippen molar-refractivity contribution >= 4 is 17.4 Å². The van der Waals surface area contributed by atoms with Gasteiger partial charge in [-0.1, -0.05) is 49.7 Å². The smallest absolute Gasteiger partial charge is 0.220 e. The second-order valence-corrected chi connectivity index (χ2v) is 6.71. The van der Waals surface area contributed by atoms with E-state index in [0.717, 1.165) is 24.1 Å². The summed E-state index contributed by atoms with van der Waals surface area (Å²) in [4.78, 5) is 26.2. The number of carbonyl (C=O) groups excluding carboxylic acids is 2. The van der Waals surface area contributed by atoms with Gasteiger partial charge in [-0.2, -0.15) is 0 Å². The van der Waals surface area contributed by atoms with Crippen LogP contribution in [0.25, 0.3) is 0 Å². The zero-order valence-electron chi connectivity index (χ0n) is 15.9. The number of amides is 1. The van der Waals surface area contributed by atoms with Gasteiger partial charge in [-0.05, 0) is 29.7 Å². The number of nitrogens with zero attached hydrogens (tertiary/aromatic N) is 1. The monoisotopic (exact) mass is 352 g/mol. The van der Waals surface area contributed by atoms with Gasteiger partial charge in [0, 0.05) is 44.7 Å². The zero-order chi connectivity index (χ0) is 18.9. The Morgan fingerprint density at radius 1 is 0.885 bits per heavy atom. The van der Waals surface area contributed by atoms with E-state index in [-0.39, 0.29) is 24.5 Å². The molecule has 0 spiro atoms. The molecule has 0 saturated heterocycles. The molecule has 0 radical (unpaired) electrons.